The smallest absolute Gasteiger partial charge is 0.0868 e. The molecule has 0 aromatic heterocycles. The molecule has 0 saturated heterocycles. The van der Waals surface area contributed by atoms with Crippen molar-refractivity contribution in [1.82, 2.24) is 0 Å². The molecule has 0 heterocycles. The van der Waals surface area contributed by atoms with E-state index in [1.54, 1.807) is 0 Å². The normalized spacial score (nSPS) is 15.2. The molecule has 1 rings (SSSR count). The molecule has 0 aliphatic rings. The maximum atomic E-state index is 10.5. The number of benzene rings is 1. The lowest BCUT2D eigenvalue weighted by Crippen LogP contribution is -2.22. The molecule has 0 aliphatic heterocycles. The molecule has 1 unspecified atom stereocenters. The maximum Gasteiger partial charge on any atom is 0.0868 e. The first kappa shape index (κ1) is 13.2. The second-order valence-corrected chi connectivity index (χ2v) is 5.58. The Labute approximate surface area is 99.5 Å². The van der Waals surface area contributed by atoms with Gasteiger partial charge in [-0.25, -0.2) is 0 Å². The van der Waals surface area contributed by atoms with E-state index in [0.717, 1.165) is 18.4 Å². The quantitative estimate of drug-likeness (QED) is 0.814. The third-order valence-corrected chi connectivity index (χ3v) is 3.05. The van der Waals surface area contributed by atoms with Gasteiger partial charge < -0.3 is 5.11 Å². The van der Waals surface area contributed by atoms with Crippen molar-refractivity contribution < 1.29 is 5.11 Å². The molecule has 1 nitrogen and oxygen atoms in total. The van der Waals surface area contributed by atoms with Gasteiger partial charge in [-0.1, -0.05) is 43.2 Å². The van der Waals surface area contributed by atoms with E-state index in [1.807, 2.05) is 6.92 Å². The van der Waals surface area contributed by atoms with E-state index in [-0.39, 0.29) is 0 Å². The van der Waals surface area contributed by atoms with E-state index in [4.69, 9.17) is 0 Å². The summed E-state index contributed by atoms with van der Waals surface area (Å²) in [5, 5.41) is 10.5. The summed E-state index contributed by atoms with van der Waals surface area (Å²) in [7, 11) is 0. The van der Waals surface area contributed by atoms with E-state index in [1.165, 1.54) is 11.1 Å². The van der Waals surface area contributed by atoms with Crippen molar-refractivity contribution >= 4 is 0 Å². The summed E-state index contributed by atoms with van der Waals surface area (Å²) >= 11 is 0. The van der Waals surface area contributed by atoms with Gasteiger partial charge in [0.05, 0.1) is 5.60 Å². The van der Waals surface area contributed by atoms with Gasteiger partial charge in [-0.3, -0.25) is 0 Å². The number of hydrogen-bond donors (Lipinski definition) is 1. The van der Waals surface area contributed by atoms with Crippen molar-refractivity contribution in [3.63, 3.8) is 0 Å². The van der Waals surface area contributed by atoms with Gasteiger partial charge in [0, 0.05) is 0 Å². The van der Waals surface area contributed by atoms with Crippen LogP contribution in [0.2, 0.25) is 0 Å². The van der Waals surface area contributed by atoms with E-state index in [2.05, 4.69) is 45.9 Å². The molecule has 1 aromatic rings. The predicted octanol–water partition coefficient (Wildman–Crippen LogP) is 3.95. The lowest BCUT2D eigenvalue weighted by atomic mass is 9.87. The highest BCUT2D eigenvalue weighted by Crippen LogP contribution is 2.29. The van der Waals surface area contributed by atoms with Gasteiger partial charge in [-0.05, 0) is 45.1 Å². The van der Waals surface area contributed by atoms with Crippen molar-refractivity contribution in [2.45, 2.75) is 53.1 Å². The SMILES string of the molecule is Cc1cc(C)cc(C(C)(O)CCC(C)C)c1. The largest absolute Gasteiger partial charge is 0.385 e. The lowest BCUT2D eigenvalue weighted by Gasteiger charge is -2.25. The van der Waals surface area contributed by atoms with E-state index >= 15 is 0 Å². The highest BCUT2D eigenvalue weighted by atomic mass is 16.3. The molecule has 1 N–H and O–H groups in total. The topological polar surface area (TPSA) is 20.2 Å². The van der Waals surface area contributed by atoms with Crippen molar-refractivity contribution in [1.29, 1.82) is 0 Å². The van der Waals surface area contributed by atoms with Crippen molar-refractivity contribution in [2.75, 3.05) is 0 Å². The monoisotopic (exact) mass is 220 g/mol. The van der Waals surface area contributed by atoms with Crippen molar-refractivity contribution in [3.8, 4) is 0 Å². The van der Waals surface area contributed by atoms with Gasteiger partial charge >= 0.3 is 0 Å². The van der Waals surface area contributed by atoms with Crippen LogP contribution in [0.3, 0.4) is 0 Å². The summed E-state index contributed by atoms with van der Waals surface area (Å²) in [4.78, 5) is 0. The van der Waals surface area contributed by atoms with E-state index in [0.29, 0.717) is 5.92 Å². The van der Waals surface area contributed by atoms with Crippen molar-refractivity contribution in [2.24, 2.45) is 5.92 Å². The van der Waals surface area contributed by atoms with Gasteiger partial charge in [0.15, 0.2) is 0 Å². The number of rotatable bonds is 4. The van der Waals surface area contributed by atoms with E-state index in [9.17, 15) is 5.11 Å². The zero-order valence-electron chi connectivity index (χ0n) is 11.2. The molecule has 0 aliphatic carbocycles. The summed E-state index contributed by atoms with van der Waals surface area (Å²) in [6.45, 7) is 10.5. The van der Waals surface area contributed by atoms with Crippen LogP contribution >= 0.6 is 0 Å². The molecule has 1 aromatic carbocycles. The Hall–Kier alpha value is -0.820. The molecule has 1 heteroatoms. The molecule has 0 fully saturated rings. The van der Waals surface area contributed by atoms with Crippen LogP contribution in [0.4, 0.5) is 0 Å². The molecular weight excluding hydrogens is 196 g/mol. The van der Waals surface area contributed by atoms with Crippen LogP contribution in [0, 0.1) is 19.8 Å². The second kappa shape index (κ2) is 5.01. The second-order valence-electron chi connectivity index (χ2n) is 5.58. The molecule has 0 bridgehead atoms. The molecular formula is C15H24O. The van der Waals surface area contributed by atoms with Gasteiger partial charge in [0.2, 0.25) is 0 Å². The average molecular weight is 220 g/mol. The zero-order valence-corrected chi connectivity index (χ0v) is 11.2. The summed E-state index contributed by atoms with van der Waals surface area (Å²) in [5.41, 5.74) is 2.80. The molecule has 0 saturated carbocycles. The predicted molar refractivity (Wildman–Crippen MR) is 69.6 cm³/mol. The van der Waals surface area contributed by atoms with Crippen LogP contribution in [0.15, 0.2) is 18.2 Å². The van der Waals surface area contributed by atoms with Crippen LogP contribution < -0.4 is 0 Å². The molecule has 1 atom stereocenters. The Kier molecular flexibility index (Phi) is 4.15. The minimum atomic E-state index is -0.693. The number of aryl methyl sites for hydroxylation is 2. The summed E-state index contributed by atoms with van der Waals surface area (Å²) in [6.07, 6.45) is 1.88. The Morgan fingerprint density at radius 2 is 1.62 bits per heavy atom. The minimum Gasteiger partial charge on any atom is -0.385 e. The van der Waals surface area contributed by atoms with Crippen LogP contribution in [0.1, 0.15) is 50.3 Å². The minimum absolute atomic E-state index is 0.636. The standard InChI is InChI=1S/C15H24O/c1-11(2)6-7-15(5,16)14-9-12(3)8-13(4)10-14/h8-11,16H,6-7H2,1-5H3. The fourth-order valence-electron chi connectivity index (χ4n) is 2.00. The van der Waals surface area contributed by atoms with Crippen LogP contribution in [0.25, 0.3) is 0 Å². The zero-order chi connectivity index (χ0) is 12.3. The highest BCUT2D eigenvalue weighted by Gasteiger charge is 2.23. The average Bonchev–Trinajstić information content (AvgIpc) is 2.13. The molecule has 0 amide bonds. The maximum absolute atomic E-state index is 10.5. The lowest BCUT2D eigenvalue weighted by molar-refractivity contribution is 0.0419. The van der Waals surface area contributed by atoms with Gasteiger partial charge in [-0.2, -0.15) is 0 Å². The summed E-state index contributed by atoms with van der Waals surface area (Å²) < 4.78 is 0. The van der Waals surface area contributed by atoms with Gasteiger partial charge in [0.1, 0.15) is 0 Å². The number of hydrogen-bond acceptors (Lipinski definition) is 1. The Bertz CT molecular complexity index is 330. The van der Waals surface area contributed by atoms with Crippen LogP contribution in [0.5, 0.6) is 0 Å². The number of aliphatic hydroxyl groups is 1. The third-order valence-electron chi connectivity index (χ3n) is 3.05. The third kappa shape index (κ3) is 3.64. The first-order chi connectivity index (χ1) is 7.31. The summed E-state index contributed by atoms with van der Waals surface area (Å²) in [5.74, 6) is 0.636. The Balaban J connectivity index is 2.88. The Morgan fingerprint density at radius 1 is 1.12 bits per heavy atom. The fraction of sp³-hybridized carbons (Fsp3) is 0.600. The van der Waals surface area contributed by atoms with Crippen LogP contribution in [-0.4, -0.2) is 5.11 Å². The van der Waals surface area contributed by atoms with Gasteiger partial charge in [0.25, 0.3) is 0 Å². The first-order valence-electron chi connectivity index (χ1n) is 6.12. The molecule has 0 spiro atoms. The summed E-state index contributed by atoms with van der Waals surface area (Å²) in [6, 6.07) is 6.32. The fourth-order valence-corrected chi connectivity index (χ4v) is 2.00. The highest BCUT2D eigenvalue weighted by molar-refractivity contribution is 5.32. The van der Waals surface area contributed by atoms with Gasteiger partial charge in [-0.15, -0.1) is 0 Å². The molecule has 0 radical (unpaired) electrons. The van der Waals surface area contributed by atoms with Crippen molar-refractivity contribution in [3.05, 3.63) is 34.9 Å². The first-order valence-corrected chi connectivity index (χ1v) is 6.12. The van der Waals surface area contributed by atoms with E-state index < -0.39 is 5.60 Å². The molecule has 90 valence electrons. The molecule has 16 heavy (non-hydrogen) atoms. The Morgan fingerprint density at radius 3 is 2.06 bits per heavy atom. The van der Waals surface area contributed by atoms with Crippen LogP contribution in [-0.2, 0) is 5.60 Å².